The number of rotatable bonds is 5. The first-order chi connectivity index (χ1) is 17.1. The van der Waals surface area contributed by atoms with Gasteiger partial charge in [-0.1, -0.05) is 15.9 Å². The van der Waals surface area contributed by atoms with Crippen molar-refractivity contribution in [1.29, 1.82) is 0 Å². The van der Waals surface area contributed by atoms with Gasteiger partial charge in [0.15, 0.2) is 0 Å². The maximum atomic E-state index is 14.0. The van der Waals surface area contributed by atoms with Gasteiger partial charge in [-0.2, -0.15) is 13.2 Å². The lowest BCUT2D eigenvalue weighted by Gasteiger charge is -2.08. The van der Waals surface area contributed by atoms with E-state index in [0.717, 1.165) is 39.3 Å². The van der Waals surface area contributed by atoms with E-state index in [2.05, 4.69) is 46.0 Å². The molecule has 186 valence electrons. The minimum absolute atomic E-state index is 0.199. The van der Waals surface area contributed by atoms with Crippen molar-refractivity contribution in [3.8, 4) is 20.9 Å². The summed E-state index contributed by atoms with van der Waals surface area (Å²) in [6, 6.07) is 9.18. The normalized spacial score (nSPS) is 19.6. The number of hydrogen-bond acceptors (Lipinski definition) is 4. The Morgan fingerprint density at radius 2 is 1.47 bits per heavy atom. The summed E-state index contributed by atoms with van der Waals surface area (Å²) in [5.74, 6) is 0.205. The van der Waals surface area contributed by atoms with Gasteiger partial charge in [0.1, 0.15) is 5.82 Å². The Morgan fingerprint density at radius 3 is 2.14 bits per heavy atom. The van der Waals surface area contributed by atoms with E-state index in [9.17, 15) is 17.6 Å². The minimum atomic E-state index is -4.60. The zero-order valence-electron chi connectivity index (χ0n) is 19.4. The lowest BCUT2D eigenvalue weighted by atomic mass is 10.0. The Kier molecular flexibility index (Phi) is 5.89. The fourth-order valence-electron chi connectivity index (χ4n) is 4.71. The molecule has 0 spiro atoms. The van der Waals surface area contributed by atoms with Crippen LogP contribution in [0.5, 0.6) is 0 Å². The first kappa shape index (κ1) is 24.2. The summed E-state index contributed by atoms with van der Waals surface area (Å²) in [7, 11) is 0. The quantitative estimate of drug-likeness (QED) is 0.215. The standard InChI is InChI=1S/C27H21BrF4N2S2/c1-12-23(35-25(33-12)14-3-4-14)16-5-15(7-19(28)8-16)21-11-22(21)26-34-13(2)24(36-26)17-6-18(27(30,31)32)10-20(29)9-17/h5-10,14,21-22H,3-4,11H2,1-2H3. The van der Waals surface area contributed by atoms with E-state index in [1.165, 1.54) is 39.6 Å². The first-order valence-electron chi connectivity index (χ1n) is 11.7. The molecule has 2 aliphatic rings. The van der Waals surface area contributed by atoms with Gasteiger partial charge in [0, 0.05) is 16.3 Å². The Labute approximate surface area is 222 Å². The van der Waals surface area contributed by atoms with Crippen molar-refractivity contribution in [3.05, 3.63) is 79.2 Å². The van der Waals surface area contributed by atoms with Crippen LogP contribution in [0, 0.1) is 19.7 Å². The van der Waals surface area contributed by atoms with Crippen LogP contribution in [-0.2, 0) is 6.18 Å². The molecule has 2 atom stereocenters. The molecule has 2 saturated carbocycles. The fourth-order valence-corrected chi connectivity index (χ4v) is 7.68. The number of benzene rings is 2. The number of alkyl halides is 3. The molecule has 0 amide bonds. The summed E-state index contributed by atoms with van der Waals surface area (Å²) in [5, 5.41) is 2.11. The maximum absolute atomic E-state index is 14.0. The molecule has 2 aliphatic carbocycles. The molecule has 2 fully saturated rings. The van der Waals surface area contributed by atoms with E-state index in [1.807, 2.05) is 0 Å². The Bertz CT molecular complexity index is 1490. The highest BCUT2D eigenvalue weighted by Gasteiger charge is 2.42. The molecule has 0 bridgehead atoms. The maximum Gasteiger partial charge on any atom is 0.416 e. The lowest BCUT2D eigenvalue weighted by molar-refractivity contribution is -0.137. The van der Waals surface area contributed by atoms with Crippen LogP contribution in [0.3, 0.4) is 0 Å². The van der Waals surface area contributed by atoms with E-state index < -0.39 is 17.6 Å². The van der Waals surface area contributed by atoms with E-state index in [4.69, 9.17) is 4.98 Å². The van der Waals surface area contributed by atoms with Gasteiger partial charge in [0.25, 0.3) is 0 Å². The lowest BCUT2D eigenvalue weighted by Crippen LogP contribution is -2.05. The van der Waals surface area contributed by atoms with Crippen molar-refractivity contribution >= 4 is 38.6 Å². The van der Waals surface area contributed by atoms with Crippen LogP contribution in [0.1, 0.15) is 69.5 Å². The number of thiazole rings is 2. The molecule has 2 heterocycles. The summed E-state index contributed by atoms with van der Waals surface area (Å²) < 4.78 is 54.7. The molecular formula is C27H21BrF4N2S2. The second-order valence-electron chi connectivity index (χ2n) is 9.66. The van der Waals surface area contributed by atoms with Crippen molar-refractivity contribution in [2.45, 2.75) is 57.0 Å². The molecule has 2 aromatic carbocycles. The van der Waals surface area contributed by atoms with E-state index >= 15 is 0 Å². The van der Waals surface area contributed by atoms with E-state index in [-0.39, 0.29) is 17.4 Å². The molecule has 2 unspecified atom stereocenters. The zero-order valence-corrected chi connectivity index (χ0v) is 22.6. The smallest absolute Gasteiger partial charge is 0.246 e. The SMILES string of the molecule is Cc1nc(C2CC2)sc1-c1cc(Br)cc(C2CC2c2nc(C)c(-c3cc(F)cc(C(F)(F)F)c3)s2)c1. The topological polar surface area (TPSA) is 25.8 Å². The van der Waals surface area contributed by atoms with E-state index in [0.29, 0.717) is 22.6 Å². The van der Waals surface area contributed by atoms with Crippen molar-refractivity contribution in [2.24, 2.45) is 0 Å². The first-order valence-corrected chi connectivity index (χ1v) is 14.1. The summed E-state index contributed by atoms with van der Waals surface area (Å²) >= 11 is 6.82. The molecule has 0 aliphatic heterocycles. The van der Waals surface area contributed by atoms with Gasteiger partial charge in [-0.25, -0.2) is 14.4 Å². The average Bonchev–Trinajstić information content (AvgIpc) is 3.72. The Hall–Kier alpha value is -2.10. The van der Waals surface area contributed by atoms with Crippen LogP contribution in [0.2, 0.25) is 0 Å². The van der Waals surface area contributed by atoms with Crippen LogP contribution in [-0.4, -0.2) is 9.97 Å². The van der Waals surface area contributed by atoms with Crippen molar-refractivity contribution in [2.75, 3.05) is 0 Å². The highest BCUT2D eigenvalue weighted by atomic mass is 79.9. The van der Waals surface area contributed by atoms with Gasteiger partial charge in [-0.15, -0.1) is 22.7 Å². The molecule has 36 heavy (non-hydrogen) atoms. The van der Waals surface area contributed by atoms with E-state index in [1.54, 1.807) is 18.3 Å². The van der Waals surface area contributed by atoms with Crippen LogP contribution in [0.25, 0.3) is 20.9 Å². The van der Waals surface area contributed by atoms with Crippen LogP contribution < -0.4 is 0 Å². The van der Waals surface area contributed by atoms with Gasteiger partial charge >= 0.3 is 6.18 Å². The van der Waals surface area contributed by atoms with Gasteiger partial charge in [0.05, 0.1) is 36.7 Å². The third-order valence-electron chi connectivity index (χ3n) is 6.76. The monoisotopic (exact) mass is 592 g/mol. The number of halogens is 5. The van der Waals surface area contributed by atoms with Crippen LogP contribution in [0.15, 0.2) is 40.9 Å². The van der Waals surface area contributed by atoms with Crippen LogP contribution in [0.4, 0.5) is 17.6 Å². The summed E-state index contributed by atoms with van der Waals surface area (Å²) in [6.07, 6.45) is -1.23. The highest BCUT2D eigenvalue weighted by molar-refractivity contribution is 9.10. The molecule has 9 heteroatoms. The predicted molar refractivity (Wildman–Crippen MR) is 139 cm³/mol. The highest BCUT2D eigenvalue weighted by Crippen LogP contribution is 2.57. The largest absolute Gasteiger partial charge is 0.416 e. The van der Waals surface area contributed by atoms with Crippen molar-refractivity contribution in [1.82, 2.24) is 9.97 Å². The Balaban J connectivity index is 1.28. The fraction of sp³-hybridized carbons (Fsp3) is 0.333. The van der Waals surface area contributed by atoms with Crippen LogP contribution >= 0.6 is 38.6 Å². The number of aryl methyl sites for hydroxylation is 2. The van der Waals surface area contributed by atoms with Gasteiger partial charge < -0.3 is 0 Å². The van der Waals surface area contributed by atoms with Gasteiger partial charge in [-0.05, 0) is 92.1 Å². The summed E-state index contributed by atoms with van der Waals surface area (Å²) in [6.45, 7) is 3.83. The summed E-state index contributed by atoms with van der Waals surface area (Å²) in [5.41, 5.74) is 3.29. The predicted octanol–water partition coefficient (Wildman–Crippen LogP) is 9.62. The summed E-state index contributed by atoms with van der Waals surface area (Å²) in [4.78, 5) is 11.3. The molecule has 2 nitrogen and oxygen atoms in total. The average molecular weight is 594 g/mol. The van der Waals surface area contributed by atoms with Gasteiger partial charge in [-0.3, -0.25) is 0 Å². The second-order valence-corrected chi connectivity index (χ2v) is 12.6. The second kappa shape index (κ2) is 8.74. The molecule has 6 rings (SSSR count). The molecule has 4 aromatic rings. The Morgan fingerprint density at radius 1 is 0.833 bits per heavy atom. The number of nitrogens with zero attached hydrogens (tertiary/aromatic N) is 2. The molecular weight excluding hydrogens is 572 g/mol. The molecule has 2 aromatic heterocycles. The third-order valence-corrected chi connectivity index (χ3v) is 9.92. The third kappa shape index (κ3) is 4.65. The van der Waals surface area contributed by atoms with Crippen molar-refractivity contribution in [3.63, 3.8) is 0 Å². The minimum Gasteiger partial charge on any atom is -0.246 e. The molecule has 0 N–H and O–H groups in total. The number of hydrogen-bond donors (Lipinski definition) is 0. The molecule has 0 saturated heterocycles. The number of aromatic nitrogens is 2. The zero-order chi connectivity index (χ0) is 25.4. The van der Waals surface area contributed by atoms with Gasteiger partial charge in [0.2, 0.25) is 0 Å². The van der Waals surface area contributed by atoms with Crippen molar-refractivity contribution < 1.29 is 17.6 Å². The molecule has 0 radical (unpaired) electrons.